The maximum absolute atomic E-state index is 12.3. The largest absolute Gasteiger partial charge is 0.457 e. The predicted octanol–water partition coefficient (Wildman–Crippen LogP) is 5.07. The second-order valence-corrected chi connectivity index (χ2v) is 15.9. The minimum Gasteiger partial charge on any atom is -0.457 e. The Morgan fingerprint density at radius 1 is 0.559 bits per heavy atom. The Bertz CT molecular complexity index is 1120. The SMILES string of the molecule is CCCCCCC/C=C\C/C=C\C/C=C\CCCCCCCCCCCOCC(COC1OC(COC2OC(CO)C(O)C(O)C2O)C(O)C(O)C1O)OC(=O)CCC. The second kappa shape index (κ2) is 33.8. The van der Waals surface area contributed by atoms with Crippen molar-refractivity contribution in [1.82, 2.24) is 0 Å². The average molecular weight is 845 g/mol. The van der Waals surface area contributed by atoms with Crippen LogP contribution in [0, 0.1) is 0 Å². The molecule has 0 radical (unpaired) electrons. The number of aliphatic hydroxyl groups excluding tert-OH is 7. The summed E-state index contributed by atoms with van der Waals surface area (Å²) in [6, 6.07) is 0. The zero-order chi connectivity index (χ0) is 43.1. The lowest BCUT2D eigenvalue weighted by Crippen LogP contribution is -2.61. The van der Waals surface area contributed by atoms with Crippen molar-refractivity contribution in [3.8, 4) is 0 Å². The summed E-state index contributed by atoms with van der Waals surface area (Å²) in [5.74, 6) is -0.433. The third kappa shape index (κ3) is 22.8. The second-order valence-electron chi connectivity index (χ2n) is 15.9. The summed E-state index contributed by atoms with van der Waals surface area (Å²) in [7, 11) is 0. The van der Waals surface area contributed by atoms with Crippen LogP contribution >= 0.6 is 0 Å². The van der Waals surface area contributed by atoms with Gasteiger partial charge in [-0.05, 0) is 51.4 Å². The maximum atomic E-state index is 12.3. The van der Waals surface area contributed by atoms with E-state index in [-0.39, 0.29) is 19.6 Å². The van der Waals surface area contributed by atoms with Crippen molar-refractivity contribution in [2.75, 3.05) is 33.0 Å². The van der Waals surface area contributed by atoms with Crippen LogP contribution in [0.3, 0.4) is 0 Å². The zero-order valence-corrected chi connectivity index (χ0v) is 36.0. The molecule has 2 aliphatic rings. The van der Waals surface area contributed by atoms with Crippen molar-refractivity contribution >= 4 is 5.97 Å². The van der Waals surface area contributed by atoms with E-state index < -0.39 is 86.7 Å². The van der Waals surface area contributed by atoms with Crippen molar-refractivity contribution in [1.29, 1.82) is 0 Å². The monoisotopic (exact) mass is 845 g/mol. The number of hydrogen-bond donors (Lipinski definition) is 7. The highest BCUT2D eigenvalue weighted by Crippen LogP contribution is 2.26. The summed E-state index contributed by atoms with van der Waals surface area (Å²) < 4.78 is 33.6. The Morgan fingerprint density at radius 2 is 1.05 bits per heavy atom. The molecule has 2 aliphatic heterocycles. The van der Waals surface area contributed by atoms with Gasteiger partial charge in [-0.2, -0.15) is 0 Å². The molecule has 14 nitrogen and oxygen atoms in total. The van der Waals surface area contributed by atoms with Crippen LogP contribution in [-0.4, -0.2) is 142 Å². The van der Waals surface area contributed by atoms with E-state index in [0.717, 1.165) is 38.5 Å². The molecule has 11 atom stereocenters. The van der Waals surface area contributed by atoms with Gasteiger partial charge in [0.2, 0.25) is 0 Å². The minimum absolute atomic E-state index is 0.0515. The number of hydrogen-bond acceptors (Lipinski definition) is 14. The molecule has 2 heterocycles. The summed E-state index contributed by atoms with van der Waals surface area (Å²) in [5, 5.41) is 71.3. The third-order valence-corrected chi connectivity index (χ3v) is 10.6. The zero-order valence-electron chi connectivity index (χ0n) is 36.0. The summed E-state index contributed by atoms with van der Waals surface area (Å²) in [5.41, 5.74) is 0. The number of ether oxygens (including phenoxy) is 6. The fourth-order valence-electron chi connectivity index (χ4n) is 6.92. The molecule has 0 aromatic carbocycles. The number of carbonyl (C=O) groups is 1. The molecule has 0 aromatic heterocycles. The molecule has 344 valence electrons. The summed E-state index contributed by atoms with van der Waals surface area (Å²) in [6.07, 6.45) is 19.8. The normalized spacial score (nSPS) is 28.3. The molecule has 2 rings (SSSR count). The van der Waals surface area contributed by atoms with E-state index in [4.69, 9.17) is 28.4 Å². The topological polar surface area (TPSA) is 214 Å². The molecule has 0 saturated carbocycles. The maximum Gasteiger partial charge on any atom is 0.306 e. The van der Waals surface area contributed by atoms with Gasteiger partial charge >= 0.3 is 5.97 Å². The molecule has 0 aromatic rings. The quantitative estimate of drug-likeness (QED) is 0.0256. The summed E-state index contributed by atoms with van der Waals surface area (Å²) >= 11 is 0. The highest BCUT2D eigenvalue weighted by atomic mass is 16.7. The molecular weight excluding hydrogens is 764 g/mol. The van der Waals surface area contributed by atoms with Gasteiger partial charge in [-0.25, -0.2) is 0 Å². The Morgan fingerprint density at radius 3 is 1.61 bits per heavy atom. The number of allylic oxidation sites excluding steroid dienone is 6. The Hall–Kier alpha value is -1.79. The Kier molecular flexibility index (Phi) is 30.6. The lowest BCUT2D eigenvalue weighted by molar-refractivity contribution is -0.332. The first-order valence-electron chi connectivity index (χ1n) is 22.6. The molecular formula is C45H80O14. The smallest absolute Gasteiger partial charge is 0.306 e. The van der Waals surface area contributed by atoms with E-state index in [1.807, 2.05) is 6.92 Å². The van der Waals surface area contributed by atoms with Gasteiger partial charge in [-0.15, -0.1) is 0 Å². The average Bonchev–Trinajstić information content (AvgIpc) is 3.23. The standard InChI is InChI=1S/C45H80O14/c1-3-5-6-7-8-9-10-11-12-13-14-15-16-17-18-19-20-21-22-23-24-25-26-27-29-54-31-34(57-37(47)28-4-2)32-55-44-43(53)41(51)39(49)36(59-44)33-56-45-42(52)40(50)38(48)35(30-46)58-45/h10-11,13-14,16-17,34-36,38-46,48-53H,3-9,12,15,18-33H2,1-2H3/b11-10-,14-13-,17-16-. The molecule has 0 aliphatic carbocycles. The van der Waals surface area contributed by atoms with E-state index in [1.165, 1.54) is 77.0 Å². The van der Waals surface area contributed by atoms with Crippen LogP contribution in [0.15, 0.2) is 36.5 Å². The van der Waals surface area contributed by atoms with Crippen LogP contribution in [0.25, 0.3) is 0 Å². The molecule has 2 saturated heterocycles. The van der Waals surface area contributed by atoms with Gasteiger partial charge in [0.05, 0.1) is 26.4 Å². The first kappa shape index (κ1) is 53.3. The van der Waals surface area contributed by atoms with Crippen LogP contribution in [0.1, 0.15) is 142 Å². The lowest BCUT2D eigenvalue weighted by Gasteiger charge is -2.42. The predicted molar refractivity (Wildman–Crippen MR) is 224 cm³/mol. The summed E-state index contributed by atoms with van der Waals surface area (Å²) in [4.78, 5) is 12.3. The molecule has 2 fully saturated rings. The van der Waals surface area contributed by atoms with Crippen molar-refractivity contribution in [2.24, 2.45) is 0 Å². The van der Waals surface area contributed by atoms with Crippen LogP contribution in [0.2, 0.25) is 0 Å². The van der Waals surface area contributed by atoms with Gasteiger partial charge < -0.3 is 64.2 Å². The van der Waals surface area contributed by atoms with Gasteiger partial charge in [0.1, 0.15) is 54.9 Å². The highest BCUT2D eigenvalue weighted by molar-refractivity contribution is 5.69. The molecule has 0 spiro atoms. The number of aliphatic hydroxyl groups is 7. The van der Waals surface area contributed by atoms with Gasteiger partial charge in [-0.3, -0.25) is 4.79 Å². The van der Waals surface area contributed by atoms with Crippen LogP contribution in [0.4, 0.5) is 0 Å². The first-order valence-corrected chi connectivity index (χ1v) is 22.6. The van der Waals surface area contributed by atoms with Crippen LogP contribution in [-0.2, 0) is 33.2 Å². The Balaban J connectivity index is 1.58. The molecule has 11 unspecified atom stereocenters. The van der Waals surface area contributed by atoms with Crippen LogP contribution in [0.5, 0.6) is 0 Å². The molecule has 59 heavy (non-hydrogen) atoms. The van der Waals surface area contributed by atoms with Crippen molar-refractivity contribution < 1.29 is 69.0 Å². The highest BCUT2D eigenvalue weighted by Gasteiger charge is 2.47. The van der Waals surface area contributed by atoms with E-state index in [9.17, 15) is 40.5 Å². The van der Waals surface area contributed by atoms with Crippen molar-refractivity contribution in [2.45, 2.75) is 210 Å². The number of unbranched alkanes of at least 4 members (excludes halogenated alkanes) is 14. The fraction of sp³-hybridized carbons (Fsp3) is 0.844. The van der Waals surface area contributed by atoms with E-state index in [0.29, 0.717) is 13.0 Å². The third-order valence-electron chi connectivity index (χ3n) is 10.6. The fourth-order valence-corrected chi connectivity index (χ4v) is 6.92. The van der Waals surface area contributed by atoms with Gasteiger partial charge in [0.15, 0.2) is 12.6 Å². The van der Waals surface area contributed by atoms with E-state index in [1.54, 1.807) is 0 Å². The number of rotatable bonds is 34. The van der Waals surface area contributed by atoms with Gasteiger partial charge in [0, 0.05) is 13.0 Å². The summed E-state index contributed by atoms with van der Waals surface area (Å²) in [6.45, 7) is 3.26. The van der Waals surface area contributed by atoms with E-state index >= 15 is 0 Å². The van der Waals surface area contributed by atoms with Crippen molar-refractivity contribution in [3.05, 3.63) is 36.5 Å². The molecule has 0 amide bonds. The molecule has 14 heteroatoms. The Labute approximate surface area is 353 Å². The lowest BCUT2D eigenvalue weighted by atomic mass is 9.98. The molecule has 0 bridgehead atoms. The van der Waals surface area contributed by atoms with Gasteiger partial charge in [0.25, 0.3) is 0 Å². The number of carbonyl (C=O) groups excluding carboxylic acids is 1. The van der Waals surface area contributed by atoms with E-state index in [2.05, 4.69) is 43.4 Å². The minimum atomic E-state index is -1.70. The first-order chi connectivity index (χ1) is 28.6. The van der Waals surface area contributed by atoms with Crippen LogP contribution < -0.4 is 0 Å². The van der Waals surface area contributed by atoms with Gasteiger partial charge in [-0.1, -0.05) is 121 Å². The molecule has 7 N–H and O–H groups in total. The van der Waals surface area contributed by atoms with Crippen molar-refractivity contribution in [3.63, 3.8) is 0 Å². The number of esters is 1.